The number of likely N-dealkylation sites (tertiary alicyclic amines) is 1. The van der Waals surface area contributed by atoms with E-state index in [-0.39, 0.29) is 11.9 Å². The normalized spacial score (nSPS) is 21.0. The summed E-state index contributed by atoms with van der Waals surface area (Å²) >= 11 is 0. The van der Waals surface area contributed by atoms with Gasteiger partial charge < -0.3 is 19.9 Å². The van der Waals surface area contributed by atoms with E-state index in [1.54, 1.807) is 4.90 Å². The third-order valence-corrected chi connectivity index (χ3v) is 4.74. The van der Waals surface area contributed by atoms with E-state index < -0.39 is 12.4 Å². The first kappa shape index (κ1) is 16.2. The lowest BCUT2D eigenvalue weighted by Gasteiger charge is -2.42. The Bertz CT molecular complexity index is 759. The molecule has 2 atom stereocenters. The molecule has 8 nitrogen and oxygen atoms in total. The second-order valence-corrected chi connectivity index (χ2v) is 6.29. The monoisotopic (exact) mass is 331 g/mol. The van der Waals surface area contributed by atoms with E-state index in [0.717, 1.165) is 23.3 Å². The van der Waals surface area contributed by atoms with Gasteiger partial charge in [-0.1, -0.05) is 6.92 Å². The molecule has 0 bridgehead atoms. The molecule has 24 heavy (non-hydrogen) atoms. The summed E-state index contributed by atoms with van der Waals surface area (Å²) in [6.45, 7) is 3.25. The van der Waals surface area contributed by atoms with Crippen molar-refractivity contribution >= 4 is 28.7 Å². The number of amides is 1. The van der Waals surface area contributed by atoms with Crippen molar-refractivity contribution in [2.45, 2.75) is 25.8 Å². The number of carboxylic acid groups (broad SMARTS) is 1. The van der Waals surface area contributed by atoms with E-state index in [2.05, 4.69) is 26.8 Å². The zero-order chi connectivity index (χ0) is 17.3. The Hall–Kier alpha value is -2.64. The summed E-state index contributed by atoms with van der Waals surface area (Å²) in [5.41, 5.74) is 0.772. The van der Waals surface area contributed by atoms with E-state index in [1.165, 1.54) is 6.33 Å². The molecule has 0 unspecified atom stereocenters. The van der Waals surface area contributed by atoms with Crippen LogP contribution >= 0.6 is 0 Å². The average Bonchev–Trinajstić information content (AvgIpc) is 3.02. The Morgan fingerprint density at radius 2 is 2.25 bits per heavy atom. The number of carbonyl (C=O) groups is 2. The number of fused-ring (bicyclic) bond motifs is 1. The van der Waals surface area contributed by atoms with Crippen LogP contribution in [-0.4, -0.2) is 63.0 Å². The smallest absolute Gasteiger partial charge is 0.312 e. The molecule has 0 aromatic carbocycles. The summed E-state index contributed by atoms with van der Waals surface area (Å²) in [5, 5.41) is 9.77. The topological polar surface area (TPSA) is 102 Å². The number of aliphatic carboxylic acids is 1. The van der Waals surface area contributed by atoms with Crippen molar-refractivity contribution in [3.05, 3.63) is 18.6 Å². The standard InChI is InChI=1S/C16H21N5O3/c1-10-4-6-21(13(22)7-14(23)24)8-12(10)20(2)16-11-3-5-17-15(11)18-9-19-16/h3,5,9-10,12H,4,6-8H2,1-2H3,(H,23,24)(H,17,18,19)/t10-,12+/m1/s1. The Kier molecular flexibility index (Phi) is 4.37. The third kappa shape index (κ3) is 3.04. The van der Waals surface area contributed by atoms with Gasteiger partial charge in [0.25, 0.3) is 0 Å². The molecule has 1 aliphatic rings. The third-order valence-electron chi connectivity index (χ3n) is 4.74. The van der Waals surface area contributed by atoms with Crippen LogP contribution in [0.25, 0.3) is 11.0 Å². The van der Waals surface area contributed by atoms with Crippen molar-refractivity contribution in [1.29, 1.82) is 0 Å². The highest BCUT2D eigenvalue weighted by Crippen LogP contribution is 2.28. The van der Waals surface area contributed by atoms with Crippen LogP contribution in [-0.2, 0) is 9.59 Å². The maximum atomic E-state index is 12.1. The summed E-state index contributed by atoms with van der Waals surface area (Å²) in [6, 6.07) is 2.01. The highest BCUT2D eigenvalue weighted by molar-refractivity contribution is 5.93. The summed E-state index contributed by atoms with van der Waals surface area (Å²) in [5.74, 6) is -0.242. The minimum Gasteiger partial charge on any atom is -0.481 e. The number of nitrogens with one attached hydrogen (secondary N) is 1. The van der Waals surface area contributed by atoms with E-state index in [9.17, 15) is 9.59 Å². The molecule has 2 aromatic rings. The molecule has 8 heteroatoms. The Balaban J connectivity index is 1.82. The lowest BCUT2D eigenvalue weighted by atomic mass is 9.92. The van der Waals surface area contributed by atoms with Gasteiger partial charge in [0.05, 0.1) is 11.4 Å². The molecule has 2 N–H and O–H groups in total. The van der Waals surface area contributed by atoms with Crippen LogP contribution in [0.5, 0.6) is 0 Å². The van der Waals surface area contributed by atoms with Gasteiger partial charge in [-0.15, -0.1) is 0 Å². The first-order valence-corrected chi connectivity index (χ1v) is 7.98. The Morgan fingerprint density at radius 1 is 1.46 bits per heavy atom. The molecule has 0 saturated carbocycles. The van der Waals surface area contributed by atoms with Gasteiger partial charge in [0.2, 0.25) is 5.91 Å². The molecule has 0 spiro atoms. The van der Waals surface area contributed by atoms with Crippen LogP contribution in [0.1, 0.15) is 19.8 Å². The van der Waals surface area contributed by atoms with Crippen LogP contribution in [0, 0.1) is 5.92 Å². The molecular formula is C16H21N5O3. The quantitative estimate of drug-likeness (QED) is 0.814. The lowest BCUT2D eigenvalue weighted by Crippen LogP contribution is -2.53. The number of rotatable bonds is 4. The van der Waals surface area contributed by atoms with Gasteiger partial charge in [-0.3, -0.25) is 9.59 Å². The van der Waals surface area contributed by atoms with Crippen molar-refractivity contribution < 1.29 is 14.7 Å². The SMILES string of the molecule is C[C@@H]1CCN(C(=O)CC(=O)O)C[C@@H]1N(C)c1ncnc2[nH]ccc12. The van der Waals surface area contributed by atoms with Gasteiger partial charge in [-0.25, -0.2) is 9.97 Å². The maximum Gasteiger partial charge on any atom is 0.312 e. The number of carboxylic acids is 1. The lowest BCUT2D eigenvalue weighted by molar-refractivity contribution is -0.144. The predicted octanol–water partition coefficient (Wildman–Crippen LogP) is 1.11. The second kappa shape index (κ2) is 6.46. The number of hydrogen-bond acceptors (Lipinski definition) is 5. The molecule has 0 radical (unpaired) electrons. The molecule has 1 amide bonds. The predicted molar refractivity (Wildman–Crippen MR) is 88.7 cm³/mol. The fraction of sp³-hybridized carbons (Fsp3) is 0.500. The first-order valence-electron chi connectivity index (χ1n) is 7.98. The van der Waals surface area contributed by atoms with Crippen LogP contribution in [0.2, 0.25) is 0 Å². The fourth-order valence-electron chi connectivity index (χ4n) is 3.32. The molecule has 3 rings (SSSR count). The van der Waals surface area contributed by atoms with Crippen molar-refractivity contribution in [1.82, 2.24) is 19.9 Å². The number of anilines is 1. The van der Waals surface area contributed by atoms with Crippen molar-refractivity contribution in [3.63, 3.8) is 0 Å². The Labute approximate surface area is 139 Å². The Morgan fingerprint density at radius 3 is 3.00 bits per heavy atom. The largest absolute Gasteiger partial charge is 0.481 e. The molecule has 2 aromatic heterocycles. The van der Waals surface area contributed by atoms with Crippen molar-refractivity contribution in [2.75, 3.05) is 25.0 Å². The van der Waals surface area contributed by atoms with Crippen molar-refractivity contribution in [2.24, 2.45) is 5.92 Å². The van der Waals surface area contributed by atoms with E-state index >= 15 is 0 Å². The molecule has 1 fully saturated rings. The zero-order valence-electron chi connectivity index (χ0n) is 13.8. The van der Waals surface area contributed by atoms with Crippen LogP contribution < -0.4 is 4.90 Å². The van der Waals surface area contributed by atoms with Gasteiger partial charge in [-0.2, -0.15) is 0 Å². The summed E-state index contributed by atoms with van der Waals surface area (Å²) in [7, 11) is 1.96. The number of aromatic amines is 1. The number of likely N-dealkylation sites (N-methyl/N-ethyl adjacent to an activating group) is 1. The fourth-order valence-corrected chi connectivity index (χ4v) is 3.32. The van der Waals surface area contributed by atoms with Gasteiger partial charge in [0.15, 0.2) is 0 Å². The van der Waals surface area contributed by atoms with Crippen LogP contribution in [0.3, 0.4) is 0 Å². The number of H-pyrrole nitrogens is 1. The number of carbonyl (C=O) groups excluding carboxylic acids is 1. The molecule has 1 saturated heterocycles. The minimum absolute atomic E-state index is 0.0736. The maximum absolute atomic E-state index is 12.1. The van der Waals surface area contributed by atoms with Gasteiger partial charge in [0, 0.05) is 26.3 Å². The summed E-state index contributed by atoms with van der Waals surface area (Å²) < 4.78 is 0. The summed E-state index contributed by atoms with van der Waals surface area (Å²) in [6.07, 6.45) is 3.72. The zero-order valence-corrected chi connectivity index (χ0v) is 13.8. The highest BCUT2D eigenvalue weighted by atomic mass is 16.4. The van der Waals surface area contributed by atoms with Crippen molar-refractivity contribution in [3.8, 4) is 0 Å². The average molecular weight is 331 g/mol. The minimum atomic E-state index is -1.09. The molecule has 1 aliphatic heterocycles. The van der Waals surface area contributed by atoms with Crippen LogP contribution in [0.4, 0.5) is 5.82 Å². The molecule has 0 aliphatic carbocycles. The number of aromatic nitrogens is 3. The number of piperidine rings is 1. The van der Waals surface area contributed by atoms with E-state index in [0.29, 0.717) is 19.0 Å². The number of hydrogen-bond donors (Lipinski definition) is 2. The van der Waals surface area contributed by atoms with Gasteiger partial charge in [0.1, 0.15) is 24.2 Å². The van der Waals surface area contributed by atoms with Gasteiger partial charge in [-0.05, 0) is 18.4 Å². The van der Waals surface area contributed by atoms with E-state index in [1.807, 2.05) is 19.3 Å². The number of nitrogens with zero attached hydrogens (tertiary/aromatic N) is 4. The van der Waals surface area contributed by atoms with Gasteiger partial charge >= 0.3 is 5.97 Å². The molecule has 3 heterocycles. The second-order valence-electron chi connectivity index (χ2n) is 6.29. The van der Waals surface area contributed by atoms with Crippen LogP contribution in [0.15, 0.2) is 18.6 Å². The van der Waals surface area contributed by atoms with E-state index in [4.69, 9.17) is 5.11 Å². The first-order chi connectivity index (χ1) is 11.5. The molecular weight excluding hydrogens is 310 g/mol. The highest BCUT2D eigenvalue weighted by Gasteiger charge is 2.33. The molecule has 128 valence electrons. The summed E-state index contributed by atoms with van der Waals surface area (Å²) in [4.78, 5) is 38.3.